The lowest BCUT2D eigenvalue weighted by Crippen LogP contribution is -2.34. The molecule has 0 saturated carbocycles. The Balaban J connectivity index is 2.13. The highest BCUT2D eigenvalue weighted by Crippen LogP contribution is 2.19. The van der Waals surface area contributed by atoms with Crippen molar-refractivity contribution in [1.29, 1.82) is 0 Å². The summed E-state index contributed by atoms with van der Waals surface area (Å²) >= 11 is 1.79. The molecular weight excluding hydrogens is 230 g/mol. The lowest BCUT2D eigenvalue weighted by molar-refractivity contribution is 0.563. The zero-order valence-corrected chi connectivity index (χ0v) is 9.85. The highest BCUT2D eigenvalue weighted by Gasteiger charge is 2.22. The molecule has 1 atom stereocenters. The zero-order valence-electron chi connectivity index (χ0n) is 8.22. The van der Waals surface area contributed by atoms with Gasteiger partial charge in [0.1, 0.15) is 0 Å². The van der Waals surface area contributed by atoms with E-state index in [0.29, 0.717) is 4.90 Å². The van der Waals surface area contributed by atoms with E-state index in [1.165, 1.54) is 0 Å². The van der Waals surface area contributed by atoms with Crippen LogP contribution in [0.5, 0.6) is 0 Å². The lowest BCUT2D eigenvalue weighted by atomic mass is 10.3. The summed E-state index contributed by atoms with van der Waals surface area (Å²) in [5.41, 5.74) is 0. The van der Waals surface area contributed by atoms with E-state index in [-0.39, 0.29) is 6.04 Å². The first-order valence-corrected chi connectivity index (χ1v) is 7.47. The Kier molecular flexibility index (Phi) is 3.33. The van der Waals surface area contributed by atoms with Crippen LogP contribution in [-0.2, 0) is 10.0 Å². The Morgan fingerprint density at radius 3 is 2.60 bits per heavy atom. The van der Waals surface area contributed by atoms with Gasteiger partial charge in [0.15, 0.2) is 0 Å². The van der Waals surface area contributed by atoms with Gasteiger partial charge in [-0.05, 0) is 24.3 Å². The van der Waals surface area contributed by atoms with E-state index in [9.17, 15) is 8.42 Å². The largest absolute Gasteiger partial charge is 0.240 e. The van der Waals surface area contributed by atoms with E-state index in [1.807, 2.05) is 6.07 Å². The maximum atomic E-state index is 11.9. The Hall–Kier alpha value is -0.520. The molecule has 5 heteroatoms. The third-order valence-corrected chi connectivity index (χ3v) is 5.00. The van der Waals surface area contributed by atoms with E-state index in [2.05, 4.69) is 4.72 Å². The molecule has 2 rings (SSSR count). The molecule has 1 N–H and O–H groups in total. The van der Waals surface area contributed by atoms with Crippen molar-refractivity contribution in [3.63, 3.8) is 0 Å². The number of benzene rings is 1. The van der Waals surface area contributed by atoms with Crippen molar-refractivity contribution < 1.29 is 8.42 Å². The van der Waals surface area contributed by atoms with Gasteiger partial charge in [0.2, 0.25) is 10.0 Å². The van der Waals surface area contributed by atoms with Crippen LogP contribution in [0, 0.1) is 0 Å². The normalized spacial score (nSPS) is 21.7. The van der Waals surface area contributed by atoms with Crippen molar-refractivity contribution in [2.45, 2.75) is 17.4 Å². The first-order valence-electron chi connectivity index (χ1n) is 4.83. The second kappa shape index (κ2) is 4.55. The van der Waals surface area contributed by atoms with Crippen LogP contribution in [0.1, 0.15) is 6.42 Å². The quantitative estimate of drug-likeness (QED) is 0.874. The molecule has 0 aromatic heterocycles. The third-order valence-electron chi connectivity index (χ3n) is 2.31. The molecule has 0 amide bonds. The predicted molar refractivity (Wildman–Crippen MR) is 62.5 cm³/mol. The molecule has 1 aliphatic rings. The molecule has 0 aliphatic carbocycles. The van der Waals surface area contributed by atoms with Gasteiger partial charge in [-0.1, -0.05) is 18.2 Å². The Labute approximate surface area is 94.3 Å². The molecule has 0 bridgehead atoms. The summed E-state index contributed by atoms with van der Waals surface area (Å²) < 4.78 is 26.5. The van der Waals surface area contributed by atoms with Crippen molar-refractivity contribution in [3.8, 4) is 0 Å². The van der Waals surface area contributed by atoms with Crippen molar-refractivity contribution in [2.75, 3.05) is 11.5 Å². The first-order chi connectivity index (χ1) is 7.18. The van der Waals surface area contributed by atoms with Crippen LogP contribution >= 0.6 is 11.8 Å². The fourth-order valence-electron chi connectivity index (χ4n) is 1.51. The molecule has 1 saturated heterocycles. The summed E-state index contributed by atoms with van der Waals surface area (Å²) in [6.07, 6.45) is 0.927. The summed E-state index contributed by atoms with van der Waals surface area (Å²) in [6, 6.07) is 8.61. The smallest absolute Gasteiger partial charge is 0.207 e. The monoisotopic (exact) mass is 243 g/mol. The molecule has 1 heterocycles. The molecule has 1 aliphatic heterocycles. The Morgan fingerprint density at radius 1 is 1.27 bits per heavy atom. The number of rotatable bonds is 3. The molecule has 3 nitrogen and oxygen atoms in total. The first kappa shape index (κ1) is 11.0. The predicted octanol–water partition coefficient (Wildman–Crippen LogP) is 1.47. The van der Waals surface area contributed by atoms with E-state index in [0.717, 1.165) is 17.9 Å². The Bertz CT molecular complexity index is 410. The van der Waals surface area contributed by atoms with E-state index >= 15 is 0 Å². The molecule has 1 unspecified atom stereocenters. The highest BCUT2D eigenvalue weighted by atomic mass is 32.2. The van der Waals surface area contributed by atoms with Crippen LogP contribution in [0.15, 0.2) is 35.2 Å². The molecule has 1 aromatic rings. The lowest BCUT2D eigenvalue weighted by Gasteiger charge is -2.11. The average Bonchev–Trinajstić information content (AvgIpc) is 2.71. The van der Waals surface area contributed by atoms with Gasteiger partial charge in [0.25, 0.3) is 0 Å². The maximum Gasteiger partial charge on any atom is 0.240 e. The van der Waals surface area contributed by atoms with Crippen molar-refractivity contribution in [3.05, 3.63) is 30.3 Å². The van der Waals surface area contributed by atoms with Gasteiger partial charge in [-0.25, -0.2) is 13.1 Å². The second-order valence-electron chi connectivity index (χ2n) is 3.49. The molecule has 15 heavy (non-hydrogen) atoms. The molecule has 1 aromatic carbocycles. The highest BCUT2D eigenvalue weighted by molar-refractivity contribution is 7.99. The number of sulfonamides is 1. The van der Waals surface area contributed by atoms with Crippen molar-refractivity contribution >= 4 is 21.8 Å². The molecule has 0 radical (unpaired) electrons. The molecule has 1 fully saturated rings. The van der Waals surface area contributed by atoms with E-state index in [4.69, 9.17) is 0 Å². The Morgan fingerprint density at radius 2 is 2.00 bits per heavy atom. The van der Waals surface area contributed by atoms with Crippen LogP contribution in [-0.4, -0.2) is 26.0 Å². The van der Waals surface area contributed by atoms with Crippen LogP contribution in [0.3, 0.4) is 0 Å². The minimum atomic E-state index is -3.31. The summed E-state index contributed by atoms with van der Waals surface area (Å²) in [5, 5.41) is 0. The minimum Gasteiger partial charge on any atom is -0.207 e. The number of nitrogens with one attached hydrogen (secondary N) is 1. The number of hydrogen-bond donors (Lipinski definition) is 1. The summed E-state index contributed by atoms with van der Waals surface area (Å²) in [6.45, 7) is 0. The maximum absolute atomic E-state index is 11.9. The molecular formula is C10H13NO2S2. The third kappa shape index (κ3) is 2.74. The van der Waals surface area contributed by atoms with Gasteiger partial charge in [-0.2, -0.15) is 11.8 Å². The SMILES string of the molecule is O=S(=O)(NC1CCSC1)c1ccccc1. The minimum absolute atomic E-state index is 0.0974. The molecule has 82 valence electrons. The number of thioether (sulfide) groups is 1. The van der Waals surface area contributed by atoms with E-state index < -0.39 is 10.0 Å². The van der Waals surface area contributed by atoms with Gasteiger partial charge >= 0.3 is 0 Å². The van der Waals surface area contributed by atoms with Gasteiger partial charge in [-0.3, -0.25) is 0 Å². The van der Waals surface area contributed by atoms with Crippen LogP contribution in [0.4, 0.5) is 0 Å². The van der Waals surface area contributed by atoms with Gasteiger partial charge in [-0.15, -0.1) is 0 Å². The standard InChI is InChI=1S/C10H13NO2S2/c12-15(13,10-4-2-1-3-5-10)11-9-6-7-14-8-9/h1-5,9,11H,6-8H2. The van der Waals surface area contributed by atoms with Crippen LogP contribution < -0.4 is 4.72 Å². The fourth-order valence-corrected chi connectivity index (χ4v) is 4.06. The average molecular weight is 243 g/mol. The zero-order chi connectivity index (χ0) is 10.7. The van der Waals surface area contributed by atoms with Crippen LogP contribution in [0.25, 0.3) is 0 Å². The fraction of sp³-hybridized carbons (Fsp3) is 0.400. The van der Waals surface area contributed by atoms with Gasteiger partial charge in [0, 0.05) is 11.8 Å². The summed E-state index contributed by atoms with van der Waals surface area (Å²) in [7, 11) is -3.31. The van der Waals surface area contributed by atoms with Crippen molar-refractivity contribution in [1.82, 2.24) is 4.72 Å². The van der Waals surface area contributed by atoms with Crippen LogP contribution in [0.2, 0.25) is 0 Å². The van der Waals surface area contributed by atoms with Crippen molar-refractivity contribution in [2.24, 2.45) is 0 Å². The number of hydrogen-bond acceptors (Lipinski definition) is 3. The summed E-state index contributed by atoms with van der Waals surface area (Å²) in [4.78, 5) is 0.349. The second-order valence-corrected chi connectivity index (χ2v) is 6.36. The van der Waals surface area contributed by atoms with Gasteiger partial charge in [0.05, 0.1) is 4.90 Å². The topological polar surface area (TPSA) is 46.2 Å². The molecule has 0 spiro atoms. The van der Waals surface area contributed by atoms with Gasteiger partial charge < -0.3 is 0 Å². The van der Waals surface area contributed by atoms with E-state index in [1.54, 1.807) is 36.0 Å². The summed E-state index contributed by atoms with van der Waals surface area (Å²) in [5.74, 6) is 1.92.